The molecule has 54 heavy (non-hydrogen) atoms. The topological polar surface area (TPSA) is 102 Å². The summed E-state index contributed by atoms with van der Waals surface area (Å²) in [6.45, 7) is 6.22. The minimum atomic E-state index is -0.987. The predicted molar refractivity (Wildman–Crippen MR) is 217 cm³/mol. The van der Waals surface area contributed by atoms with Crippen molar-refractivity contribution in [1.82, 2.24) is 0 Å². The van der Waals surface area contributed by atoms with Crippen LogP contribution in [0.15, 0.2) is 91.0 Å². The lowest BCUT2D eigenvalue weighted by Gasteiger charge is -2.35. The summed E-state index contributed by atoms with van der Waals surface area (Å²) >= 11 is 2.08. The molecule has 3 aromatic rings. The first-order valence-corrected chi connectivity index (χ1v) is 20.8. The number of carboxylic acid groups (broad SMARTS) is 1. The first-order chi connectivity index (χ1) is 26.7. The minimum Gasteiger partial charge on any atom is -0.480 e. The molecule has 0 saturated heterocycles. The van der Waals surface area contributed by atoms with Crippen LogP contribution >= 0.6 is 11.8 Å². The highest BCUT2D eigenvalue weighted by molar-refractivity contribution is 8.00. The summed E-state index contributed by atoms with van der Waals surface area (Å²) in [7, 11) is 0. The summed E-state index contributed by atoms with van der Waals surface area (Å²) in [5.41, 5.74) is 4.02. The fourth-order valence-corrected chi connectivity index (χ4v) is 7.58. The van der Waals surface area contributed by atoms with Crippen molar-refractivity contribution < 1.29 is 43.1 Å². The van der Waals surface area contributed by atoms with Gasteiger partial charge in [-0.1, -0.05) is 136 Å². The lowest BCUT2D eigenvalue weighted by molar-refractivity contribution is -0.142. The highest BCUT2D eigenvalue weighted by Gasteiger charge is 2.36. The van der Waals surface area contributed by atoms with E-state index in [1.807, 2.05) is 0 Å². The molecule has 0 unspecified atom stereocenters. The SMILES string of the molecule is O=C(O)COCCOCCOCCOCCOCCOCCOCCCCCCCCCCCSC(c1ccccc1)(c1ccccc1)c1ccccc1. The van der Waals surface area contributed by atoms with Gasteiger partial charge in [-0.25, -0.2) is 4.79 Å². The van der Waals surface area contributed by atoms with Gasteiger partial charge in [-0.2, -0.15) is 0 Å². The van der Waals surface area contributed by atoms with E-state index >= 15 is 0 Å². The number of carbonyl (C=O) groups is 1. The van der Waals surface area contributed by atoms with Gasteiger partial charge in [0.1, 0.15) is 6.61 Å². The van der Waals surface area contributed by atoms with Gasteiger partial charge in [0.05, 0.1) is 84.0 Å². The highest BCUT2D eigenvalue weighted by Crippen LogP contribution is 2.48. The monoisotopic (exact) mass is 768 g/mol. The minimum absolute atomic E-state index is 0.213. The molecule has 0 radical (unpaired) electrons. The van der Waals surface area contributed by atoms with E-state index in [0.717, 1.165) is 18.8 Å². The number of hydrogen-bond donors (Lipinski definition) is 1. The molecule has 300 valence electrons. The van der Waals surface area contributed by atoms with Crippen molar-refractivity contribution in [1.29, 1.82) is 0 Å². The maximum absolute atomic E-state index is 10.3. The van der Waals surface area contributed by atoms with Crippen molar-refractivity contribution in [2.75, 3.05) is 98.2 Å². The Morgan fingerprint density at radius 2 is 0.704 bits per heavy atom. The van der Waals surface area contributed by atoms with Gasteiger partial charge in [-0.05, 0) is 35.3 Å². The van der Waals surface area contributed by atoms with E-state index in [9.17, 15) is 4.79 Å². The van der Waals surface area contributed by atoms with Gasteiger partial charge in [0.25, 0.3) is 0 Å². The molecule has 3 rings (SSSR count). The van der Waals surface area contributed by atoms with Crippen LogP contribution in [0.25, 0.3) is 0 Å². The van der Waals surface area contributed by atoms with E-state index < -0.39 is 5.97 Å². The molecule has 0 aromatic heterocycles. The van der Waals surface area contributed by atoms with Crippen LogP contribution in [-0.4, -0.2) is 109 Å². The Kier molecular flexibility index (Phi) is 26.5. The Morgan fingerprint density at radius 1 is 0.407 bits per heavy atom. The van der Waals surface area contributed by atoms with Crippen molar-refractivity contribution in [2.24, 2.45) is 0 Å². The lowest BCUT2D eigenvalue weighted by atomic mass is 9.84. The molecule has 0 spiro atoms. The average molecular weight is 769 g/mol. The highest BCUT2D eigenvalue weighted by atomic mass is 32.2. The number of ether oxygens (including phenoxy) is 7. The second-order valence-corrected chi connectivity index (χ2v) is 14.2. The average Bonchev–Trinajstić information content (AvgIpc) is 3.20. The Bertz CT molecular complexity index is 1190. The van der Waals surface area contributed by atoms with Gasteiger partial charge in [-0.15, -0.1) is 11.8 Å². The number of carboxylic acids is 1. The Hall–Kier alpha value is -2.80. The Morgan fingerprint density at radius 3 is 1.06 bits per heavy atom. The van der Waals surface area contributed by atoms with Gasteiger partial charge < -0.3 is 38.3 Å². The number of unbranched alkanes of at least 4 members (excludes halogenated alkanes) is 8. The van der Waals surface area contributed by atoms with Gasteiger partial charge >= 0.3 is 5.97 Å². The van der Waals surface area contributed by atoms with E-state index in [-0.39, 0.29) is 18.0 Å². The fraction of sp³-hybridized carbons (Fsp3) is 0.568. The molecule has 0 heterocycles. The predicted octanol–water partition coefficient (Wildman–Crippen LogP) is 8.42. The lowest BCUT2D eigenvalue weighted by Crippen LogP contribution is -2.26. The smallest absolute Gasteiger partial charge is 0.329 e. The third-order valence-corrected chi connectivity index (χ3v) is 10.4. The number of hydrogen-bond acceptors (Lipinski definition) is 9. The molecule has 0 saturated carbocycles. The molecular weight excluding hydrogens is 705 g/mol. The van der Waals surface area contributed by atoms with Crippen molar-refractivity contribution in [3.63, 3.8) is 0 Å². The first-order valence-electron chi connectivity index (χ1n) is 19.8. The van der Waals surface area contributed by atoms with Crippen molar-refractivity contribution in [3.8, 4) is 0 Å². The van der Waals surface area contributed by atoms with Gasteiger partial charge in [0.15, 0.2) is 0 Å². The Labute approximate surface area is 328 Å². The molecule has 0 aliphatic carbocycles. The Balaban J connectivity index is 1.07. The zero-order chi connectivity index (χ0) is 38.0. The maximum Gasteiger partial charge on any atom is 0.329 e. The van der Waals surface area contributed by atoms with E-state index in [2.05, 4.69) is 103 Å². The second-order valence-electron chi connectivity index (χ2n) is 12.9. The second kappa shape index (κ2) is 31.4. The molecular formula is C44H64O9S. The van der Waals surface area contributed by atoms with E-state index in [1.54, 1.807) is 0 Å². The fourth-order valence-electron chi connectivity index (χ4n) is 6.02. The molecule has 0 atom stereocenters. The van der Waals surface area contributed by atoms with Crippen molar-refractivity contribution in [3.05, 3.63) is 108 Å². The summed E-state index contributed by atoms with van der Waals surface area (Å²) in [4.78, 5) is 10.3. The van der Waals surface area contributed by atoms with Crippen molar-refractivity contribution >= 4 is 17.7 Å². The molecule has 0 fully saturated rings. The molecule has 0 bridgehead atoms. The summed E-state index contributed by atoms with van der Waals surface area (Å²) in [6, 6.07) is 33.0. The van der Waals surface area contributed by atoms with Crippen LogP contribution in [0.5, 0.6) is 0 Å². The van der Waals surface area contributed by atoms with Crippen LogP contribution < -0.4 is 0 Å². The van der Waals surface area contributed by atoms with Crippen LogP contribution in [0.4, 0.5) is 0 Å². The zero-order valence-electron chi connectivity index (χ0n) is 32.3. The first kappa shape index (κ1) is 45.6. The van der Waals surface area contributed by atoms with E-state index in [0.29, 0.717) is 72.7 Å². The molecule has 9 nitrogen and oxygen atoms in total. The molecule has 10 heteroatoms. The van der Waals surface area contributed by atoms with Crippen LogP contribution in [0.3, 0.4) is 0 Å². The number of thioether (sulfide) groups is 1. The third kappa shape index (κ3) is 20.2. The zero-order valence-corrected chi connectivity index (χ0v) is 33.1. The third-order valence-electron chi connectivity index (χ3n) is 8.75. The maximum atomic E-state index is 10.3. The number of rotatable bonds is 36. The van der Waals surface area contributed by atoms with E-state index in [1.165, 1.54) is 68.1 Å². The summed E-state index contributed by atoms with van der Waals surface area (Å²) in [5.74, 6) is 0.141. The normalized spacial score (nSPS) is 11.6. The molecule has 0 aliphatic rings. The van der Waals surface area contributed by atoms with Gasteiger partial charge in [-0.3, -0.25) is 0 Å². The van der Waals surface area contributed by atoms with E-state index in [4.69, 9.17) is 38.3 Å². The molecule has 0 amide bonds. The van der Waals surface area contributed by atoms with Gasteiger partial charge in [0, 0.05) is 6.61 Å². The van der Waals surface area contributed by atoms with Crippen LogP contribution in [-0.2, 0) is 42.7 Å². The van der Waals surface area contributed by atoms with Crippen LogP contribution in [0.2, 0.25) is 0 Å². The van der Waals surface area contributed by atoms with Crippen LogP contribution in [0, 0.1) is 0 Å². The van der Waals surface area contributed by atoms with Crippen molar-refractivity contribution in [2.45, 2.75) is 62.5 Å². The standard InChI is InChI=1S/C44H64O9S/c45-43(46)39-53-37-36-52-35-34-51-33-32-50-31-30-49-29-28-48-27-26-47-25-17-6-4-2-1-3-5-7-18-38-54-44(40-19-11-8-12-20-40,41-21-13-9-14-22-41)42-23-15-10-16-24-42/h8-16,19-24H,1-7,17-18,25-39H2,(H,45,46). The number of aliphatic carboxylic acids is 1. The summed E-state index contributed by atoms with van der Waals surface area (Å²) in [5, 5.41) is 8.46. The molecule has 0 aliphatic heterocycles. The quantitative estimate of drug-likeness (QED) is 0.0458. The molecule has 1 N–H and O–H groups in total. The molecule has 3 aromatic carbocycles. The summed E-state index contributed by atoms with van der Waals surface area (Å²) < 4.78 is 37.6. The van der Waals surface area contributed by atoms with Crippen LogP contribution in [0.1, 0.15) is 74.5 Å². The number of benzene rings is 3. The van der Waals surface area contributed by atoms with Gasteiger partial charge in [0.2, 0.25) is 0 Å². The largest absolute Gasteiger partial charge is 0.480 e. The summed E-state index contributed by atoms with van der Waals surface area (Å²) in [6.07, 6.45) is 11.4.